The number of methoxy groups -OCH3 is 2. The van der Waals surface area contributed by atoms with Crippen molar-refractivity contribution in [3.8, 4) is 11.5 Å². The fraction of sp³-hybridized carbons (Fsp3) is 0.316. The third-order valence-corrected chi connectivity index (χ3v) is 4.85. The largest absolute Gasteiger partial charge is 0.497 e. The van der Waals surface area contributed by atoms with Crippen LogP contribution in [0.15, 0.2) is 35.0 Å². The van der Waals surface area contributed by atoms with Crippen LogP contribution in [0.3, 0.4) is 0 Å². The number of hydrogen-bond donors (Lipinski definition) is 2. The van der Waals surface area contributed by atoms with Crippen LogP contribution in [0.2, 0.25) is 0 Å². The summed E-state index contributed by atoms with van der Waals surface area (Å²) in [6.07, 6.45) is 0. The number of nitrogens with one attached hydrogen (secondary N) is 2. The molecule has 1 aliphatic rings. The van der Waals surface area contributed by atoms with Gasteiger partial charge in [-0.3, -0.25) is 0 Å². The zero-order valence-electron chi connectivity index (χ0n) is 16.1. The van der Waals surface area contributed by atoms with Crippen molar-refractivity contribution in [2.75, 3.05) is 56.1 Å². The molecule has 2 heterocycles. The SMILES string of the molecule is COc1ccc(OC)c(NC(=S)Nc2ccc(N3CCOCC3)c3nonc23)c1. The molecule has 0 amide bonds. The van der Waals surface area contributed by atoms with E-state index in [-0.39, 0.29) is 0 Å². The smallest absolute Gasteiger partial charge is 0.175 e. The summed E-state index contributed by atoms with van der Waals surface area (Å²) in [6.45, 7) is 2.96. The molecule has 3 aromatic rings. The van der Waals surface area contributed by atoms with Gasteiger partial charge in [0.15, 0.2) is 16.1 Å². The lowest BCUT2D eigenvalue weighted by atomic mass is 10.2. The summed E-state index contributed by atoms with van der Waals surface area (Å²) in [5.74, 6) is 1.33. The normalized spacial score (nSPS) is 13.9. The Morgan fingerprint density at radius 2 is 1.76 bits per heavy atom. The highest BCUT2D eigenvalue weighted by Gasteiger charge is 2.19. The topological polar surface area (TPSA) is 93.9 Å². The number of ether oxygens (including phenoxy) is 3. The van der Waals surface area contributed by atoms with Crippen molar-refractivity contribution in [3.05, 3.63) is 30.3 Å². The number of fused-ring (bicyclic) bond motifs is 1. The highest BCUT2D eigenvalue weighted by molar-refractivity contribution is 7.80. The van der Waals surface area contributed by atoms with Crippen LogP contribution in [0, 0.1) is 0 Å². The lowest BCUT2D eigenvalue weighted by Gasteiger charge is -2.28. The first-order valence-electron chi connectivity index (χ1n) is 9.07. The first kappa shape index (κ1) is 19.2. The fourth-order valence-corrected chi connectivity index (χ4v) is 3.42. The predicted octanol–water partition coefficient (Wildman–Crippen LogP) is 2.89. The van der Waals surface area contributed by atoms with E-state index >= 15 is 0 Å². The molecule has 29 heavy (non-hydrogen) atoms. The summed E-state index contributed by atoms with van der Waals surface area (Å²) < 4.78 is 21.1. The fourth-order valence-electron chi connectivity index (χ4n) is 3.20. The summed E-state index contributed by atoms with van der Waals surface area (Å²) in [6, 6.07) is 9.32. The van der Waals surface area contributed by atoms with E-state index in [9.17, 15) is 0 Å². The molecule has 2 aromatic carbocycles. The van der Waals surface area contributed by atoms with Crippen LogP contribution >= 0.6 is 12.2 Å². The molecule has 2 N–H and O–H groups in total. The van der Waals surface area contributed by atoms with Crippen molar-refractivity contribution in [2.24, 2.45) is 0 Å². The van der Waals surface area contributed by atoms with Crippen molar-refractivity contribution in [1.82, 2.24) is 10.3 Å². The van der Waals surface area contributed by atoms with Gasteiger partial charge >= 0.3 is 0 Å². The number of rotatable bonds is 5. The minimum atomic E-state index is 0.375. The number of hydrogen-bond acceptors (Lipinski definition) is 8. The van der Waals surface area contributed by atoms with Gasteiger partial charge in [0.25, 0.3) is 0 Å². The molecule has 1 saturated heterocycles. The number of morpholine rings is 1. The van der Waals surface area contributed by atoms with E-state index in [0.29, 0.717) is 52.2 Å². The molecule has 0 radical (unpaired) electrons. The monoisotopic (exact) mass is 415 g/mol. The zero-order valence-corrected chi connectivity index (χ0v) is 16.9. The molecule has 10 heteroatoms. The lowest BCUT2D eigenvalue weighted by molar-refractivity contribution is 0.123. The molecule has 0 bridgehead atoms. The maximum absolute atomic E-state index is 5.48. The Morgan fingerprint density at radius 3 is 2.52 bits per heavy atom. The highest BCUT2D eigenvalue weighted by Crippen LogP contribution is 2.32. The van der Waals surface area contributed by atoms with E-state index in [0.717, 1.165) is 18.8 Å². The Bertz CT molecular complexity index is 1020. The Labute approximate surface area is 172 Å². The number of benzene rings is 2. The number of aromatic nitrogens is 2. The third-order valence-electron chi connectivity index (χ3n) is 4.65. The standard InChI is InChI=1S/C19H21N5O4S/c1-25-12-3-6-16(26-2)14(11-12)21-19(29)20-13-4-5-15(18-17(13)22-28-23-18)24-7-9-27-10-8-24/h3-6,11H,7-10H2,1-2H3,(H2,20,21,29). The molecular weight excluding hydrogens is 394 g/mol. The Balaban J connectivity index is 1.55. The van der Waals surface area contributed by atoms with E-state index in [2.05, 4.69) is 25.8 Å². The molecule has 9 nitrogen and oxygen atoms in total. The summed E-state index contributed by atoms with van der Waals surface area (Å²) in [5.41, 5.74) is 3.62. The minimum Gasteiger partial charge on any atom is -0.497 e. The minimum absolute atomic E-state index is 0.375. The summed E-state index contributed by atoms with van der Waals surface area (Å²) in [7, 11) is 3.20. The van der Waals surface area contributed by atoms with E-state index in [4.69, 9.17) is 31.1 Å². The zero-order chi connectivity index (χ0) is 20.2. The van der Waals surface area contributed by atoms with Gasteiger partial charge in [0.05, 0.1) is 44.5 Å². The molecular formula is C19H21N5O4S. The third kappa shape index (κ3) is 4.03. The van der Waals surface area contributed by atoms with Gasteiger partial charge in [-0.05, 0) is 46.8 Å². The second kappa shape index (κ2) is 8.50. The number of thiocarbonyl (C=S) groups is 1. The predicted molar refractivity (Wildman–Crippen MR) is 114 cm³/mol. The van der Waals surface area contributed by atoms with Gasteiger partial charge in [0, 0.05) is 19.2 Å². The van der Waals surface area contributed by atoms with Crippen LogP contribution in [-0.2, 0) is 4.74 Å². The molecule has 1 aromatic heterocycles. The van der Waals surface area contributed by atoms with E-state index < -0.39 is 0 Å². The Morgan fingerprint density at radius 1 is 1.00 bits per heavy atom. The average molecular weight is 415 g/mol. The van der Waals surface area contributed by atoms with Gasteiger partial charge in [0.2, 0.25) is 0 Å². The van der Waals surface area contributed by atoms with Gasteiger partial charge in [-0.25, -0.2) is 4.63 Å². The van der Waals surface area contributed by atoms with Gasteiger partial charge < -0.3 is 29.7 Å². The van der Waals surface area contributed by atoms with Crippen LogP contribution in [0.4, 0.5) is 17.1 Å². The average Bonchev–Trinajstić information content (AvgIpc) is 3.25. The maximum Gasteiger partial charge on any atom is 0.175 e. The van der Waals surface area contributed by atoms with Gasteiger partial charge in [-0.2, -0.15) is 0 Å². The van der Waals surface area contributed by atoms with Crippen LogP contribution < -0.4 is 25.0 Å². The van der Waals surface area contributed by atoms with Crippen LogP contribution in [0.1, 0.15) is 0 Å². The molecule has 0 unspecified atom stereocenters. The van der Waals surface area contributed by atoms with Gasteiger partial charge in [-0.15, -0.1) is 0 Å². The number of nitrogens with zero attached hydrogens (tertiary/aromatic N) is 3. The maximum atomic E-state index is 5.48. The molecule has 0 saturated carbocycles. The molecule has 0 spiro atoms. The summed E-state index contributed by atoms with van der Waals surface area (Å²) >= 11 is 5.48. The van der Waals surface area contributed by atoms with Crippen molar-refractivity contribution in [3.63, 3.8) is 0 Å². The van der Waals surface area contributed by atoms with Crippen molar-refractivity contribution in [2.45, 2.75) is 0 Å². The molecule has 152 valence electrons. The first-order valence-corrected chi connectivity index (χ1v) is 9.48. The van der Waals surface area contributed by atoms with E-state index in [1.807, 2.05) is 24.3 Å². The number of anilines is 3. The molecule has 1 aliphatic heterocycles. The van der Waals surface area contributed by atoms with E-state index in [1.165, 1.54) is 0 Å². The van der Waals surface area contributed by atoms with Crippen LogP contribution in [0.25, 0.3) is 11.0 Å². The molecule has 1 fully saturated rings. The van der Waals surface area contributed by atoms with Crippen LogP contribution in [-0.4, -0.2) is 55.9 Å². The molecule has 0 aliphatic carbocycles. The molecule has 4 rings (SSSR count). The van der Waals surface area contributed by atoms with Crippen molar-refractivity contribution >= 4 is 45.4 Å². The Hall–Kier alpha value is -3.11. The highest BCUT2D eigenvalue weighted by atomic mass is 32.1. The first-order chi connectivity index (χ1) is 14.2. The summed E-state index contributed by atoms with van der Waals surface area (Å²) in [4.78, 5) is 2.21. The lowest BCUT2D eigenvalue weighted by Crippen LogP contribution is -2.36. The van der Waals surface area contributed by atoms with E-state index in [1.54, 1.807) is 20.3 Å². The second-order valence-electron chi connectivity index (χ2n) is 6.34. The molecule has 0 atom stereocenters. The second-order valence-corrected chi connectivity index (χ2v) is 6.75. The van der Waals surface area contributed by atoms with Crippen molar-refractivity contribution in [1.29, 1.82) is 0 Å². The van der Waals surface area contributed by atoms with Gasteiger partial charge in [-0.1, -0.05) is 0 Å². The summed E-state index contributed by atoms with van der Waals surface area (Å²) in [5, 5.41) is 14.8. The Kier molecular flexibility index (Phi) is 5.63. The van der Waals surface area contributed by atoms with Crippen molar-refractivity contribution < 1.29 is 18.8 Å². The van der Waals surface area contributed by atoms with Crippen LogP contribution in [0.5, 0.6) is 11.5 Å². The van der Waals surface area contributed by atoms with Gasteiger partial charge in [0.1, 0.15) is 11.5 Å². The quantitative estimate of drug-likeness (QED) is 0.606.